The van der Waals surface area contributed by atoms with Gasteiger partial charge in [-0.05, 0) is 32.4 Å². The third kappa shape index (κ3) is 2.46. The van der Waals surface area contributed by atoms with Crippen LogP contribution in [0.4, 0.5) is 5.82 Å². The summed E-state index contributed by atoms with van der Waals surface area (Å²) < 4.78 is 0. The predicted octanol–water partition coefficient (Wildman–Crippen LogP) is 0.595. The number of pyridine rings is 1. The molecular weight excluding hydrogens is 228 g/mol. The van der Waals surface area contributed by atoms with Gasteiger partial charge in [-0.2, -0.15) is 0 Å². The van der Waals surface area contributed by atoms with Gasteiger partial charge in [-0.3, -0.25) is 4.79 Å². The van der Waals surface area contributed by atoms with Crippen LogP contribution in [0.3, 0.4) is 0 Å². The summed E-state index contributed by atoms with van der Waals surface area (Å²) in [7, 11) is 0. The predicted molar refractivity (Wildman–Crippen MR) is 71.9 cm³/mol. The maximum absolute atomic E-state index is 11.6. The molecule has 2 heterocycles. The monoisotopic (exact) mass is 248 g/mol. The first-order valence-electron chi connectivity index (χ1n) is 6.25. The number of nitrogens with zero attached hydrogens (tertiary/aromatic N) is 2. The van der Waals surface area contributed by atoms with E-state index < -0.39 is 5.91 Å². The molecule has 2 rings (SSSR count). The quantitative estimate of drug-likeness (QED) is 0.804. The molecule has 1 aliphatic rings. The first-order chi connectivity index (χ1) is 8.49. The minimum Gasteiger partial charge on any atom is -0.365 e. The molecule has 0 saturated carbocycles. The zero-order chi connectivity index (χ0) is 13.3. The van der Waals surface area contributed by atoms with Crippen LogP contribution in [0.2, 0.25) is 0 Å². The van der Waals surface area contributed by atoms with Crippen LogP contribution < -0.4 is 16.0 Å². The number of rotatable bonds is 2. The van der Waals surface area contributed by atoms with Crippen molar-refractivity contribution >= 4 is 11.7 Å². The van der Waals surface area contributed by atoms with Crippen LogP contribution in [0.25, 0.3) is 0 Å². The molecule has 1 amide bonds. The second-order valence-electron chi connectivity index (χ2n) is 4.94. The molecule has 1 aliphatic heterocycles. The van der Waals surface area contributed by atoms with E-state index in [0.717, 1.165) is 36.7 Å². The van der Waals surface area contributed by atoms with Crippen molar-refractivity contribution in [3.05, 3.63) is 22.9 Å². The molecule has 1 saturated heterocycles. The Morgan fingerprint density at radius 2 is 2.28 bits per heavy atom. The third-order valence-electron chi connectivity index (χ3n) is 3.24. The summed E-state index contributed by atoms with van der Waals surface area (Å²) in [6.07, 6.45) is 0. The van der Waals surface area contributed by atoms with E-state index in [0.29, 0.717) is 11.6 Å². The molecule has 5 nitrogen and oxygen atoms in total. The molecular formula is C13H20N4O. The number of hydrogen-bond donors (Lipinski definition) is 2. The summed E-state index contributed by atoms with van der Waals surface area (Å²) in [4.78, 5) is 18.3. The summed E-state index contributed by atoms with van der Waals surface area (Å²) in [5.41, 5.74) is 7.85. The highest BCUT2D eigenvalue weighted by Gasteiger charge is 2.23. The number of carbonyl (C=O) groups is 1. The topological polar surface area (TPSA) is 71.2 Å². The van der Waals surface area contributed by atoms with Crippen LogP contribution in [0.15, 0.2) is 6.07 Å². The molecule has 0 aliphatic carbocycles. The first-order valence-corrected chi connectivity index (χ1v) is 6.25. The lowest BCUT2D eigenvalue weighted by molar-refractivity contribution is 0.0999. The normalized spacial score (nSPS) is 19.9. The molecule has 1 fully saturated rings. The number of aryl methyl sites for hydroxylation is 2. The Bertz CT molecular complexity index is 472. The molecule has 0 unspecified atom stereocenters. The number of nitrogens with one attached hydrogen (secondary N) is 1. The fourth-order valence-corrected chi connectivity index (χ4v) is 2.48. The van der Waals surface area contributed by atoms with E-state index in [1.54, 1.807) is 0 Å². The highest BCUT2D eigenvalue weighted by atomic mass is 16.1. The smallest absolute Gasteiger partial charge is 0.252 e. The van der Waals surface area contributed by atoms with Gasteiger partial charge in [0.1, 0.15) is 5.82 Å². The molecule has 98 valence electrons. The first kappa shape index (κ1) is 12.8. The van der Waals surface area contributed by atoms with Crippen molar-refractivity contribution in [1.82, 2.24) is 10.3 Å². The van der Waals surface area contributed by atoms with Gasteiger partial charge in [0.2, 0.25) is 0 Å². The van der Waals surface area contributed by atoms with Crippen molar-refractivity contribution in [2.75, 3.05) is 24.5 Å². The van der Waals surface area contributed by atoms with E-state index in [-0.39, 0.29) is 0 Å². The SMILES string of the molecule is Cc1cc(C)c(C(N)=O)c(N2CCN[C@@H](C)C2)n1. The van der Waals surface area contributed by atoms with Gasteiger partial charge in [-0.1, -0.05) is 0 Å². The molecule has 18 heavy (non-hydrogen) atoms. The number of hydrogen-bond acceptors (Lipinski definition) is 4. The van der Waals surface area contributed by atoms with E-state index in [4.69, 9.17) is 5.73 Å². The molecule has 0 spiro atoms. The van der Waals surface area contributed by atoms with Crippen LogP contribution >= 0.6 is 0 Å². The second kappa shape index (κ2) is 4.94. The number of carbonyl (C=O) groups excluding carboxylic acids is 1. The van der Waals surface area contributed by atoms with Crippen LogP contribution in [-0.4, -0.2) is 36.6 Å². The summed E-state index contributed by atoms with van der Waals surface area (Å²) >= 11 is 0. The zero-order valence-electron chi connectivity index (χ0n) is 11.2. The highest BCUT2D eigenvalue weighted by molar-refractivity contribution is 5.99. The zero-order valence-corrected chi connectivity index (χ0v) is 11.2. The Kier molecular flexibility index (Phi) is 3.52. The molecule has 0 bridgehead atoms. The molecule has 0 radical (unpaired) electrons. The lowest BCUT2D eigenvalue weighted by Crippen LogP contribution is -2.50. The average molecular weight is 248 g/mol. The van der Waals surface area contributed by atoms with Gasteiger partial charge in [0.25, 0.3) is 5.91 Å². The lowest BCUT2D eigenvalue weighted by atomic mass is 10.1. The molecule has 1 aromatic rings. The van der Waals surface area contributed by atoms with Crippen molar-refractivity contribution in [2.24, 2.45) is 5.73 Å². The Morgan fingerprint density at radius 1 is 1.56 bits per heavy atom. The van der Waals surface area contributed by atoms with E-state index in [1.807, 2.05) is 19.9 Å². The van der Waals surface area contributed by atoms with Gasteiger partial charge in [-0.15, -0.1) is 0 Å². The minimum absolute atomic E-state index is 0.391. The summed E-state index contributed by atoms with van der Waals surface area (Å²) in [6.45, 7) is 8.56. The molecule has 1 aromatic heterocycles. The Labute approximate surface area is 107 Å². The van der Waals surface area contributed by atoms with Crippen molar-refractivity contribution in [1.29, 1.82) is 0 Å². The summed E-state index contributed by atoms with van der Waals surface area (Å²) in [5, 5.41) is 3.37. The van der Waals surface area contributed by atoms with Crippen LogP contribution in [-0.2, 0) is 0 Å². The summed E-state index contributed by atoms with van der Waals surface area (Å²) in [5.74, 6) is 0.328. The lowest BCUT2D eigenvalue weighted by Gasteiger charge is -2.34. The van der Waals surface area contributed by atoms with Crippen molar-refractivity contribution < 1.29 is 4.79 Å². The minimum atomic E-state index is -0.402. The molecule has 5 heteroatoms. The standard InChI is InChI=1S/C13H20N4O/c1-8-6-9(2)16-13(11(8)12(14)18)17-5-4-15-10(3)7-17/h6,10,15H,4-5,7H2,1-3H3,(H2,14,18)/t10-/m0/s1. The molecule has 3 N–H and O–H groups in total. The van der Waals surface area contributed by atoms with Gasteiger partial charge >= 0.3 is 0 Å². The number of nitrogens with two attached hydrogens (primary N) is 1. The molecule has 0 aromatic carbocycles. The Hall–Kier alpha value is -1.62. The van der Waals surface area contributed by atoms with E-state index >= 15 is 0 Å². The third-order valence-corrected chi connectivity index (χ3v) is 3.24. The van der Waals surface area contributed by atoms with Gasteiger partial charge < -0.3 is 16.0 Å². The maximum Gasteiger partial charge on any atom is 0.252 e. The van der Waals surface area contributed by atoms with Crippen LogP contribution in [0, 0.1) is 13.8 Å². The number of anilines is 1. The Morgan fingerprint density at radius 3 is 2.89 bits per heavy atom. The second-order valence-corrected chi connectivity index (χ2v) is 4.94. The number of primary amides is 1. The van der Waals surface area contributed by atoms with E-state index in [1.165, 1.54) is 0 Å². The van der Waals surface area contributed by atoms with Gasteiger partial charge in [0.05, 0.1) is 5.56 Å². The van der Waals surface area contributed by atoms with Crippen molar-refractivity contribution in [3.8, 4) is 0 Å². The van der Waals surface area contributed by atoms with E-state index in [9.17, 15) is 4.79 Å². The van der Waals surface area contributed by atoms with Crippen LogP contribution in [0.1, 0.15) is 28.5 Å². The number of aromatic nitrogens is 1. The van der Waals surface area contributed by atoms with Crippen molar-refractivity contribution in [3.63, 3.8) is 0 Å². The fourth-order valence-electron chi connectivity index (χ4n) is 2.48. The molecule has 1 atom stereocenters. The van der Waals surface area contributed by atoms with Gasteiger partial charge in [0.15, 0.2) is 0 Å². The summed E-state index contributed by atoms with van der Waals surface area (Å²) in [6, 6.07) is 2.29. The van der Waals surface area contributed by atoms with E-state index in [2.05, 4.69) is 22.1 Å². The van der Waals surface area contributed by atoms with Gasteiger partial charge in [0, 0.05) is 31.4 Å². The highest BCUT2D eigenvalue weighted by Crippen LogP contribution is 2.23. The largest absolute Gasteiger partial charge is 0.365 e. The fraction of sp³-hybridized carbons (Fsp3) is 0.538. The number of amides is 1. The number of piperazine rings is 1. The van der Waals surface area contributed by atoms with Crippen LogP contribution in [0.5, 0.6) is 0 Å². The average Bonchev–Trinajstić information content (AvgIpc) is 2.27. The van der Waals surface area contributed by atoms with Crippen molar-refractivity contribution in [2.45, 2.75) is 26.8 Å². The maximum atomic E-state index is 11.6. The van der Waals surface area contributed by atoms with Gasteiger partial charge in [-0.25, -0.2) is 4.98 Å². The Balaban J connectivity index is 2.44.